The van der Waals surface area contributed by atoms with Gasteiger partial charge in [-0.1, -0.05) is 6.92 Å². The van der Waals surface area contributed by atoms with Crippen molar-refractivity contribution in [2.24, 2.45) is 0 Å². The Morgan fingerprint density at radius 2 is 2.20 bits per heavy atom. The maximum absolute atomic E-state index is 4.86. The molecule has 0 spiro atoms. The van der Waals surface area contributed by atoms with E-state index in [0.717, 1.165) is 40.3 Å². The van der Waals surface area contributed by atoms with Gasteiger partial charge >= 0.3 is 0 Å². The normalized spacial score (nSPS) is 19.8. The molecule has 0 aromatic carbocycles. The van der Waals surface area contributed by atoms with Crippen molar-refractivity contribution in [2.75, 3.05) is 11.4 Å². The molecule has 20 heavy (non-hydrogen) atoms. The number of aromatic nitrogens is 3. The Morgan fingerprint density at radius 1 is 1.40 bits per heavy atom. The zero-order valence-electron chi connectivity index (χ0n) is 12.4. The molecule has 3 heterocycles. The third kappa shape index (κ3) is 2.22. The first-order chi connectivity index (χ1) is 9.61. The SMILES string of the molecule is CCc1nn2c(C)cc(N3CCCC[C@H]3C)nc2c1Br. The fourth-order valence-electron chi connectivity index (χ4n) is 2.98. The maximum Gasteiger partial charge on any atom is 0.172 e. The van der Waals surface area contributed by atoms with E-state index in [-0.39, 0.29) is 0 Å². The summed E-state index contributed by atoms with van der Waals surface area (Å²) in [5.74, 6) is 1.09. The Balaban J connectivity index is 2.10. The third-order valence-corrected chi connectivity index (χ3v) is 5.01. The molecule has 0 radical (unpaired) electrons. The van der Waals surface area contributed by atoms with Crippen molar-refractivity contribution in [1.82, 2.24) is 14.6 Å². The summed E-state index contributed by atoms with van der Waals surface area (Å²) < 4.78 is 2.98. The van der Waals surface area contributed by atoms with E-state index in [1.54, 1.807) is 0 Å². The summed E-state index contributed by atoms with van der Waals surface area (Å²) >= 11 is 3.66. The molecule has 1 saturated heterocycles. The summed E-state index contributed by atoms with van der Waals surface area (Å²) in [6, 6.07) is 2.73. The molecule has 1 fully saturated rings. The number of hydrogen-bond acceptors (Lipinski definition) is 3. The fraction of sp³-hybridized carbons (Fsp3) is 0.600. The molecule has 4 nitrogen and oxygen atoms in total. The van der Waals surface area contributed by atoms with Crippen molar-refractivity contribution < 1.29 is 0 Å². The lowest BCUT2D eigenvalue weighted by atomic mass is 10.0. The highest BCUT2D eigenvalue weighted by atomic mass is 79.9. The summed E-state index contributed by atoms with van der Waals surface area (Å²) in [7, 11) is 0. The molecule has 1 aliphatic rings. The van der Waals surface area contributed by atoms with Crippen molar-refractivity contribution in [2.45, 2.75) is 52.5 Å². The first-order valence-corrected chi connectivity index (χ1v) is 8.22. The predicted octanol–water partition coefficient (Wildman–Crippen LogP) is 3.74. The van der Waals surface area contributed by atoms with E-state index in [2.05, 4.69) is 52.8 Å². The molecule has 5 heteroatoms. The van der Waals surface area contributed by atoms with Crippen LogP contribution in [-0.4, -0.2) is 27.2 Å². The maximum atomic E-state index is 4.86. The van der Waals surface area contributed by atoms with E-state index in [0.29, 0.717) is 6.04 Å². The zero-order valence-corrected chi connectivity index (χ0v) is 13.9. The molecule has 0 aliphatic carbocycles. The molecule has 1 atom stereocenters. The largest absolute Gasteiger partial charge is 0.354 e. The minimum Gasteiger partial charge on any atom is -0.354 e. The number of nitrogens with zero attached hydrogens (tertiary/aromatic N) is 4. The Hall–Kier alpha value is -1.10. The zero-order chi connectivity index (χ0) is 14.3. The Kier molecular flexibility index (Phi) is 3.71. The van der Waals surface area contributed by atoms with E-state index in [1.165, 1.54) is 19.3 Å². The van der Waals surface area contributed by atoms with Crippen molar-refractivity contribution in [1.29, 1.82) is 0 Å². The van der Waals surface area contributed by atoms with Crippen LogP contribution in [0.15, 0.2) is 10.5 Å². The summed E-state index contributed by atoms with van der Waals surface area (Å²) in [6.45, 7) is 7.63. The van der Waals surface area contributed by atoms with Crippen LogP contribution in [0, 0.1) is 6.92 Å². The van der Waals surface area contributed by atoms with Crippen LogP contribution in [0.2, 0.25) is 0 Å². The number of aryl methyl sites for hydroxylation is 2. The van der Waals surface area contributed by atoms with Crippen LogP contribution >= 0.6 is 15.9 Å². The summed E-state index contributed by atoms with van der Waals surface area (Å²) in [5, 5.41) is 4.62. The molecule has 0 N–H and O–H groups in total. The number of fused-ring (bicyclic) bond motifs is 1. The second-order valence-electron chi connectivity index (χ2n) is 5.64. The minimum atomic E-state index is 0.574. The summed E-state index contributed by atoms with van der Waals surface area (Å²) in [4.78, 5) is 7.29. The highest BCUT2D eigenvalue weighted by Crippen LogP contribution is 2.28. The lowest BCUT2D eigenvalue weighted by Crippen LogP contribution is -2.38. The number of halogens is 1. The predicted molar refractivity (Wildman–Crippen MR) is 85.5 cm³/mol. The summed E-state index contributed by atoms with van der Waals surface area (Å²) in [5.41, 5.74) is 3.15. The van der Waals surface area contributed by atoms with Gasteiger partial charge in [-0.25, -0.2) is 9.50 Å². The average Bonchev–Trinajstić information content (AvgIpc) is 2.77. The second kappa shape index (κ2) is 5.35. The van der Waals surface area contributed by atoms with Crippen molar-refractivity contribution in [3.8, 4) is 0 Å². The van der Waals surface area contributed by atoms with Crippen LogP contribution in [0.25, 0.3) is 5.65 Å². The van der Waals surface area contributed by atoms with Gasteiger partial charge < -0.3 is 4.90 Å². The van der Waals surface area contributed by atoms with E-state index >= 15 is 0 Å². The molecular formula is C15H21BrN4. The third-order valence-electron chi connectivity index (χ3n) is 4.20. The number of hydrogen-bond donors (Lipinski definition) is 0. The van der Waals surface area contributed by atoms with Gasteiger partial charge in [0.05, 0.1) is 10.2 Å². The average molecular weight is 337 g/mol. The topological polar surface area (TPSA) is 33.4 Å². The second-order valence-corrected chi connectivity index (χ2v) is 6.44. The quantitative estimate of drug-likeness (QED) is 0.837. The lowest BCUT2D eigenvalue weighted by Gasteiger charge is -2.34. The van der Waals surface area contributed by atoms with Gasteiger partial charge in [-0.15, -0.1) is 0 Å². The van der Waals surface area contributed by atoms with E-state index < -0.39 is 0 Å². The fourth-order valence-corrected chi connectivity index (χ4v) is 3.59. The van der Waals surface area contributed by atoms with E-state index in [9.17, 15) is 0 Å². The number of rotatable bonds is 2. The van der Waals surface area contributed by atoms with Crippen LogP contribution in [0.5, 0.6) is 0 Å². The first kappa shape index (κ1) is 13.9. The summed E-state index contributed by atoms with van der Waals surface area (Å²) in [6.07, 6.45) is 4.76. The number of anilines is 1. The van der Waals surface area contributed by atoms with Crippen molar-refractivity contribution >= 4 is 27.4 Å². The molecular weight excluding hydrogens is 316 g/mol. The van der Waals surface area contributed by atoms with E-state index in [1.807, 2.05) is 4.52 Å². The van der Waals surface area contributed by atoms with Gasteiger partial charge in [0.25, 0.3) is 0 Å². The molecule has 2 aromatic rings. The van der Waals surface area contributed by atoms with Crippen LogP contribution in [0.4, 0.5) is 5.82 Å². The van der Waals surface area contributed by atoms with Crippen LogP contribution in [0.3, 0.4) is 0 Å². The van der Waals surface area contributed by atoms with E-state index in [4.69, 9.17) is 4.98 Å². The Labute approximate surface area is 128 Å². The lowest BCUT2D eigenvalue weighted by molar-refractivity contribution is 0.481. The molecule has 0 bridgehead atoms. The van der Waals surface area contributed by atoms with Crippen molar-refractivity contribution in [3.63, 3.8) is 0 Å². The van der Waals surface area contributed by atoms with Gasteiger partial charge in [0.2, 0.25) is 0 Å². The molecule has 0 unspecified atom stereocenters. The van der Waals surface area contributed by atoms with Gasteiger partial charge in [0.1, 0.15) is 5.82 Å². The van der Waals surface area contributed by atoms with Gasteiger partial charge in [-0.3, -0.25) is 0 Å². The van der Waals surface area contributed by atoms with Gasteiger partial charge in [-0.2, -0.15) is 5.10 Å². The standard InChI is InChI=1S/C15H21BrN4/c1-4-12-14(16)15-17-13(9-11(3)20(15)18-12)19-8-6-5-7-10(19)2/h9-10H,4-8H2,1-3H3/t10-/m1/s1. The Morgan fingerprint density at radius 3 is 2.90 bits per heavy atom. The molecule has 2 aromatic heterocycles. The van der Waals surface area contributed by atoms with Crippen LogP contribution in [-0.2, 0) is 6.42 Å². The van der Waals surface area contributed by atoms with Gasteiger partial charge in [0.15, 0.2) is 5.65 Å². The van der Waals surface area contributed by atoms with Gasteiger partial charge in [0, 0.05) is 24.3 Å². The smallest absolute Gasteiger partial charge is 0.172 e. The monoisotopic (exact) mass is 336 g/mol. The van der Waals surface area contributed by atoms with Gasteiger partial charge in [-0.05, 0) is 55.5 Å². The Bertz CT molecular complexity index is 634. The number of piperidine rings is 1. The van der Waals surface area contributed by atoms with Crippen LogP contribution < -0.4 is 4.90 Å². The molecule has 3 rings (SSSR count). The molecule has 1 aliphatic heterocycles. The van der Waals surface area contributed by atoms with Crippen molar-refractivity contribution in [3.05, 3.63) is 21.9 Å². The molecule has 108 valence electrons. The molecule has 0 saturated carbocycles. The van der Waals surface area contributed by atoms with Crippen LogP contribution in [0.1, 0.15) is 44.5 Å². The minimum absolute atomic E-state index is 0.574. The first-order valence-electron chi connectivity index (χ1n) is 7.43. The highest BCUT2D eigenvalue weighted by molar-refractivity contribution is 9.10. The highest BCUT2D eigenvalue weighted by Gasteiger charge is 2.21. The molecule has 0 amide bonds.